The fourth-order valence-corrected chi connectivity index (χ4v) is 1.01. The van der Waals surface area contributed by atoms with E-state index in [9.17, 15) is 18.0 Å². The van der Waals surface area contributed by atoms with Gasteiger partial charge in [-0.3, -0.25) is 0 Å². The van der Waals surface area contributed by atoms with E-state index >= 15 is 0 Å². The van der Waals surface area contributed by atoms with Crippen LogP contribution in [-0.2, 0) is 11.2 Å². The zero-order valence-corrected chi connectivity index (χ0v) is 8.69. The molecular weight excluding hydrogens is 205 g/mol. The second-order valence-electron chi connectivity index (χ2n) is 2.57. The summed E-state index contributed by atoms with van der Waals surface area (Å²) in [5.41, 5.74) is -0.107. The number of benzene rings is 1. The van der Waals surface area contributed by atoms with Crippen LogP contribution in [-0.4, -0.2) is 6.29 Å². The minimum atomic E-state index is -1.22. The molecule has 0 aliphatic carbocycles. The zero-order valence-electron chi connectivity index (χ0n) is 8.69. The molecule has 0 radical (unpaired) electrons. The van der Waals surface area contributed by atoms with Gasteiger partial charge in [-0.25, -0.2) is 13.2 Å². The first kappa shape index (κ1) is 13.7. The van der Waals surface area contributed by atoms with Crippen LogP contribution in [0.25, 0.3) is 0 Å². The molecule has 1 rings (SSSR count). The van der Waals surface area contributed by atoms with E-state index in [1.165, 1.54) is 0 Å². The van der Waals surface area contributed by atoms with Crippen molar-refractivity contribution in [2.45, 2.75) is 26.7 Å². The minimum absolute atomic E-state index is 0.0179. The molecule has 0 saturated heterocycles. The van der Waals surface area contributed by atoms with Gasteiger partial charge >= 0.3 is 0 Å². The molecule has 0 fully saturated rings. The minimum Gasteiger partial charge on any atom is -0.303 e. The van der Waals surface area contributed by atoms with Crippen molar-refractivity contribution >= 4 is 6.29 Å². The molecule has 1 aromatic rings. The van der Waals surface area contributed by atoms with Gasteiger partial charge < -0.3 is 4.79 Å². The highest BCUT2D eigenvalue weighted by Crippen LogP contribution is 2.15. The Morgan fingerprint density at radius 1 is 1.20 bits per heavy atom. The molecule has 0 amide bonds. The number of aryl methyl sites for hydroxylation is 1. The lowest BCUT2D eigenvalue weighted by Crippen LogP contribution is -1.96. The first-order valence-corrected chi connectivity index (χ1v) is 4.72. The molecule has 1 aromatic carbocycles. The molecule has 0 aromatic heterocycles. The fourth-order valence-electron chi connectivity index (χ4n) is 1.01. The molecule has 0 saturated carbocycles. The van der Waals surface area contributed by atoms with Crippen molar-refractivity contribution in [1.82, 2.24) is 0 Å². The Bertz CT molecular complexity index is 324. The number of aldehydes is 1. The maximum absolute atomic E-state index is 12.8. The van der Waals surface area contributed by atoms with E-state index in [4.69, 9.17) is 0 Å². The van der Waals surface area contributed by atoms with Gasteiger partial charge in [-0.2, -0.15) is 0 Å². The molecule has 0 aliphatic rings. The number of halogens is 3. The van der Waals surface area contributed by atoms with Crippen LogP contribution in [0, 0.1) is 17.5 Å². The summed E-state index contributed by atoms with van der Waals surface area (Å²) in [6.45, 7) is 4.00. The van der Waals surface area contributed by atoms with Crippen molar-refractivity contribution in [1.29, 1.82) is 0 Å². The maximum Gasteiger partial charge on any atom is 0.162 e. The second-order valence-corrected chi connectivity index (χ2v) is 2.57. The highest BCUT2D eigenvalue weighted by atomic mass is 19.2. The number of hydrogen-bond acceptors (Lipinski definition) is 1. The molecule has 0 N–H and O–H groups in total. The summed E-state index contributed by atoms with van der Waals surface area (Å²) in [4.78, 5) is 9.95. The van der Waals surface area contributed by atoms with Gasteiger partial charge in [0.15, 0.2) is 11.6 Å². The highest BCUT2D eigenvalue weighted by Gasteiger charge is 2.09. The van der Waals surface area contributed by atoms with E-state index in [1.54, 1.807) is 0 Å². The lowest BCUT2D eigenvalue weighted by atomic mass is 10.1. The Labute approximate surface area is 86.9 Å². The van der Waals surface area contributed by atoms with Gasteiger partial charge in [0.1, 0.15) is 12.1 Å². The van der Waals surface area contributed by atoms with Crippen LogP contribution in [0.15, 0.2) is 12.1 Å². The topological polar surface area (TPSA) is 17.1 Å². The summed E-state index contributed by atoms with van der Waals surface area (Å²) in [7, 11) is 0. The number of carbonyl (C=O) groups is 1. The van der Waals surface area contributed by atoms with Crippen LogP contribution >= 0.6 is 0 Å². The van der Waals surface area contributed by atoms with E-state index in [0.29, 0.717) is 12.4 Å². The summed E-state index contributed by atoms with van der Waals surface area (Å²) < 4.78 is 38.0. The standard InChI is InChI=1S/C9H7F3O.C2H6/c10-7-4-6(2-1-3-13)9(12)8(11)5-7;1-2/h3-5H,1-2H2;1-2H3. The van der Waals surface area contributed by atoms with E-state index in [2.05, 4.69) is 0 Å². The summed E-state index contributed by atoms with van der Waals surface area (Å²) in [6, 6.07) is 1.36. The SMILES string of the molecule is CC.O=CCCc1cc(F)cc(F)c1F. The third-order valence-corrected chi connectivity index (χ3v) is 1.60. The van der Waals surface area contributed by atoms with Crippen LogP contribution in [0.5, 0.6) is 0 Å². The second kappa shape index (κ2) is 7.04. The average molecular weight is 218 g/mol. The molecule has 4 heteroatoms. The van der Waals surface area contributed by atoms with Gasteiger partial charge in [0.25, 0.3) is 0 Å². The smallest absolute Gasteiger partial charge is 0.162 e. The maximum atomic E-state index is 12.8. The van der Waals surface area contributed by atoms with E-state index in [0.717, 1.165) is 6.07 Å². The lowest BCUT2D eigenvalue weighted by molar-refractivity contribution is -0.107. The van der Waals surface area contributed by atoms with E-state index in [-0.39, 0.29) is 18.4 Å². The summed E-state index contributed by atoms with van der Waals surface area (Å²) in [5, 5.41) is 0. The van der Waals surface area contributed by atoms with Crippen molar-refractivity contribution in [2.75, 3.05) is 0 Å². The Morgan fingerprint density at radius 3 is 2.33 bits per heavy atom. The van der Waals surface area contributed by atoms with Crippen LogP contribution in [0.4, 0.5) is 13.2 Å². The Morgan fingerprint density at radius 2 is 1.80 bits per heavy atom. The van der Waals surface area contributed by atoms with Crippen LogP contribution in [0.2, 0.25) is 0 Å². The third-order valence-electron chi connectivity index (χ3n) is 1.60. The van der Waals surface area contributed by atoms with Gasteiger partial charge in [0.05, 0.1) is 0 Å². The highest BCUT2D eigenvalue weighted by molar-refractivity contribution is 5.50. The summed E-state index contributed by atoms with van der Waals surface area (Å²) in [6.07, 6.45) is 0.645. The van der Waals surface area contributed by atoms with Crippen LogP contribution in [0.1, 0.15) is 25.8 Å². The Hall–Kier alpha value is -1.32. The van der Waals surface area contributed by atoms with Crippen molar-refractivity contribution in [3.63, 3.8) is 0 Å². The molecule has 84 valence electrons. The Kier molecular flexibility index (Phi) is 6.42. The molecule has 1 nitrogen and oxygen atoms in total. The summed E-state index contributed by atoms with van der Waals surface area (Å²) in [5.74, 6) is -3.14. The monoisotopic (exact) mass is 218 g/mol. The first-order chi connectivity index (χ1) is 7.15. The molecule has 0 unspecified atom stereocenters. The normalized spacial score (nSPS) is 9.13. The van der Waals surface area contributed by atoms with Crippen LogP contribution in [0.3, 0.4) is 0 Å². The van der Waals surface area contributed by atoms with Gasteiger partial charge in [0.2, 0.25) is 0 Å². The molecule has 0 bridgehead atoms. The fraction of sp³-hybridized carbons (Fsp3) is 0.364. The first-order valence-electron chi connectivity index (χ1n) is 4.72. The van der Waals surface area contributed by atoms with Crippen molar-refractivity contribution in [3.8, 4) is 0 Å². The largest absolute Gasteiger partial charge is 0.303 e. The quantitative estimate of drug-likeness (QED) is 0.562. The molecule has 0 aliphatic heterocycles. The van der Waals surface area contributed by atoms with Crippen molar-refractivity contribution in [3.05, 3.63) is 35.1 Å². The van der Waals surface area contributed by atoms with Crippen molar-refractivity contribution < 1.29 is 18.0 Å². The molecule has 0 atom stereocenters. The molecule has 0 spiro atoms. The molecule has 0 heterocycles. The number of rotatable bonds is 3. The average Bonchev–Trinajstić information content (AvgIpc) is 2.24. The predicted molar refractivity (Wildman–Crippen MR) is 52.0 cm³/mol. The Balaban J connectivity index is 0.000000921. The van der Waals surface area contributed by atoms with E-state index in [1.807, 2.05) is 13.8 Å². The van der Waals surface area contributed by atoms with E-state index < -0.39 is 17.5 Å². The number of carbonyl (C=O) groups excluding carboxylic acids is 1. The lowest BCUT2D eigenvalue weighted by Gasteiger charge is -2.01. The van der Waals surface area contributed by atoms with Gasteiger partial charge in [0, 0.05) is 12.5 Å². The van der Waals surface area contributed by atoms with Crippen LogP contribution < -0.4 is 0 Å². The molecule has 15 heavy (non-hydrogen) atoms. The van der Waals surface area contributed by atoms with Gasteiger partial charge in [-0.15, -0.1) is 0 Å². The zero-order chi connectivity index (χ0) is 11.8. The molecular formula is C11H13F3O. The predicted octanol–water partition coefficient (Wildman–Crippen LogP) is 3.26. The van der Waals surface area contributed by atoms with Gasteiger partial charge in [-0.05, 0) is 18.1 Å². The van der Waals surface area contributed by atoms with Crippen molar-refractivity contribution in [2.24, 2.45) is 0 Å². The third kappa shape index (κ3) is 4.14. The number of hydrogen-bond donors (Lipinski definition) is 0. The summed E-state index contributed by atoms with van der Waals surface area (Å²) >= 11 is 0. The van der Waals surface area contributed by atoms with Gasteiger partial charge in [-0.1, -0.05) is 13.8 Å².